The number of carbonyl (C=O) groups is 1. The molecule has 27 heavy (non-hydrogen) atoms. The Morgan fingerprint density at radius 1 is 1.07 bits per heavy atom. The molecule has 0 aliphatic carbocycles. The minimum absolute atomic E-state index is 0.220. The number of carbonyl (C=O) groups excluding carboxylic acids is 1. The van der Waals surface area contributed by atoms with E-state index < -0.39 is 0 Å². The van der Waals surface area contributed by atoms with E-state index in [9.17, 15) is 4.79 Å². The van der Waals surface area contributed by atoms with Crippen molar-refractivity contribution >= 4 is 16.8 Å². The molecule has 1 aromatic heterocycles. The number of aromatic nitrogens is 2. The van der Waals surface area contributed by atoms with Crippen molar-refractivity contribution < 1.29 is 9.53 Å². The molecule has 4 heteroatoms. The molecule has 3 aromatic rings. The van der Waals surface area contributed by atoms with Crippen molar-refractivity contribution in [2.24, 2.45) is 0 Å². The standard InChI is InChI=1S/C23H26N2O2/c1-2-3-4-5-16-27-18-13-11-17(12-14-18)23-24-20-9-6-8-19-21(26)10-7-15-25(23)22(19)20/h6,8-9,11-14H,2-5,7,10,15-16H2,1H3. The fourth-order valence-electron chi connectivity index (χ4n) is 3.80. The number of ketones is 1. The zero-order chi connectivity index (χ0) is 18.6. The summed E-state index contributed by atoms with van der Waals surface area (Å²) in [6.45, 7) is 3.81. The predicted octanol–water partition coefficient (Wildman–Crippen LogP) is 5.64. The maximum atomic E-state index is 12.4. The van der Waals surface area contributed by atoms with Crippen LogP contribution in [0.1, 0.15) is 55.8 Å². The molecule has 2 heterocycles. The number of unbranched alkanes of at least 4 members (excludes halogenated alkanes) is 3. The van der Waals surface area contributed by atoms with Crippen molar-refractivity contribution in [3.63, 3.8) is 0 Å². The number of imidazole rings is 1. The second-order valence-corrected chi connectivity index (χ2v) is 7.22. The van der Waals surface area contributed by atoms with E-state index in [1.807, 2.05) is 30.3 Å². The number of para-hydroxylation sites is 1. The topological polar surface area (TPSA) is 44.1 Å². The molecule has 2 aromatic carbocycles. The Hall–Kier alpha value is -2.62. The normalized spacial score (nSPS) is 13.7. The van der Waals surface area contributed by atoms with E-state index in [-0.39, 0.29) is 5.78 Å². The lowest BCUT2D eigenvalue weighted by atomic mass is 10.1. The number of benzene rings is 2. The lowest BCUT2D eigenvalue weighted by molar-refractivity contribution is 0.0982. The molecule has 1 aliphatic rings. The average molecular weight is 362 g/mol. The molecule has 0 radical (unpaired) electrons. The number of ether oxygens (including phenoxy) is 1. The maximum absolute atomic E-state index is 12.4. The van der Waals surface area contributed by atoms with Gasteiger partial charge in [0.2, 0.25) is 0 Å². The van der Waals surface area contributed by atoms with Crippen molar-refractivity contribution in [2.75, 3.05) is 6.61 Å². The highest BCUT2D eigenvalue weighted by Gasteiger charge is 2.21. The van der Waals surface area contributed by atoms with Crippen LogP contribution >= 0.6 is 0 Å². The first-order chi connectivity index (χ1) is 13.3. The predicted molar refractivity (Wildman–Crippen MR) is 108 cm³/mol. The van der Waals surface area contributed by atoms with Crippen molar-refractivity contribution in [3.05, 3.63) is 48.0 Å². The summed E-state index contributed by atoms with van der Waals surface area (Å²) in [5.41, 5.74) is 3.74. The van der Waals surface area contributed by atoms with Gasteiger partial charge in [0.25, 0.3) is 0 Å². The molecule has 0 amide bonds. The molecule has 0 bridgehead atoms. The molecule has 0 fully saturated rings. The summed E-state index contributed by atoms with van der Waals surface area (Å²) in [6.07, 6.45) is 6.28. The van der Waals surface area contributed by atoms with E-state index in [0.29, 0.717) is 6.42 Å². The van der Waals surface area contributed by atoms with Crippen molar-refractivity contribution in [1.82, 2.24) is 9.55 Å². The number of Topliss-reactive ketones (excluding diaryl/α,β-unsaturated/α-hetero) is 1. The van der Waals surface area contributed by atoms with Gasteiger partial charge in [0.05, 0.1) is 17.6 Å². The summed E-state index contributed by atoms with van der Waals surface area (Å²) in [4.78, 5) is 17.2. The van der Waals surface area contributed by atoms with Gasteiger partial charge in [-0.2, -0.15) is 0 Å². The largest absolute Gasteiger partial charge is 0.494 e. The minimum atomic E-state index is 0.220. The highest BCUT2D eigenvalue weighted by Crippen LogP contribution is 2.31. The van der Waals surface area contributed by atoms with Gasteiger partial charge in [-0.25, -0.2) is 4.98 Å². The zero-order valence-electron chi connectivity index (χ0n) is 15.9. The second-order valence-electron chi connectivity index (χ2n) is 7.22. The third-order valence-corrected chi connectivity index (χ3v) is 5.23. The highest BCUT2D eigenvalue weighted by atomic mass is 16.5. The summed E-state index contributed by atoms with van der Waals surface area (Å²) >= 11 is 0. The van der Waals surface area contributed by atoms with E-state index in [2.05, 4.69) is 23.6 Å². The van der Waals surface area contributed by atoms with Crippen LogP contribution in [0.4, 0.5) is 0 Å². The fourth-order valence-corrected chi connectivity index (χ4v) is 3.80. The van der Waals surface area contributed by atoms with Crippen LogP contribution in [0.3, 0.4) is 0 Å². The van der Waals surface area contributed by atoms with Gasteiger partial charge in [0.1, 0.15) is 11.6 Å². The molecule has 0 unspecified atom stereocenters. The Morgan fingerprint density at radius 3 is 2.74 bits per heavy atom. The first-order valence-electron chi connectivity index (χ1n) is 10.0. The monoisotopic (exact) mass is 362 g/mol. The number of aryl methyl sites for hydroxylation is 1. The van der Waals surface area contributed by atoms with E-state index in [0.717, 1.165) is 59.7 Å². The van der Waals surface area contributed by atoms with E-state index in [4.69, 9.17) is 9.72 Å². The van der Waals surface area contributed by atoms with Gasteiger partial charge in [0, 0.05) is 24.1 Å². The van der Waals surface area contributed by atoms with E-state index in [1.54, 1.807) is 0 Å². The molecule has 1 aliphatic heterocycles. The van der Waals surface area contributed by atoms with Gasteiger partial charge >= 0.3 is 0 Å². The van der Waals surface area contributed by atoms with Crippen LogP contribution in [-0.2, 0) is 6.54 Å². The van der Waals surface area contributed by atoms with Gasteiger partial charge in [-0.15, -0.1) is 0 Å². The van der Waals surface area contributed by atoms with Gasteiger partial charge in [-0.3, -0.25) is 4.79 Å². The fraction of sp³-hybridized carbons (Fsp3) is 0.391. The van der Waals surface area contributed by atoms with Crippen molar-refractivity contribution in [2.45, 2.75) is 52.0 Å². The quantitative estimate of drug-likeness (QED) is 0.511. The van der Waals surface area contributed by atoms with Gasteiger partial charge in [-0.05, 0) is 49.2 Å². The molecule has 140 valence electrons. The Bertz CT molecular complexity index is 941. The highest BCUT2D eigenvalue weighted by molar-refractivity contribution is 6.07. The van der Waals surface area contributed by atoms with E-state index >= 15 is 0 Å². The van der Waals surface area contributed by atoms with Gasteiger partial charge < -0.3 is 9.30 Å². The molecular formula is C23H26N2O2. The number of nitrogens with zero attached hydrogens (tertiary/aromatic N) is 2. The van der Waals surface area contributed by atoms with Gasteiger partial charge in [-0.1, -0.05) is 32.3 Å². The van der Waals surface area contributed by atoms with Crippen LogP contribution in [0.5, 0.6) is 5.75 Å². The SMILES string of the molecule is CCCCCCOc1ccc(-c2nc3cccc4c3n2CCCC4=O)cc1. The van der Waals surface area contributed by atoms with Crippen LogP contribution in [0, 0.1) is 0 Å². The Balaban J connectivity index is 1.58. The summed E-state index contributed by atoms with van der Waals surface area (Å²) in [5.74, 6) is 2.05. The molecule has 0 N–H and O–H groups in total. The molecule has 4 nitrogen and oxygen atoms in total. The molecule has 0 atom stereocenters. The first kappa shape index (κ1) is 17.8. The van der Waals surface area contributed by atoms with Crippen molar-refractivity contribution in [1.29, 1.82) is 0 Å². The zero-order valence-corrected chi connectivity index (χ0v) is 15.9. The Labute approximate surface area is 160 Å². The number of rotatable bonds is 7. The van der Waals surface area contributed by atoms with Crippen molar-refractivity contribution in [3.8, 4) is 17.1 Å². The van der Waals surface area contributed by atoms with Gasteiger partial charge in [0.15, 0.2) is 5.78 Å². The summed E-state index contributed by atoms with van der Waals surface area (Å²) < 4.78 is 8.06. The lowest BCUT2D eigenvalue weighted by Crippen LogP contribution is -2.00. The third kappa shape index (κ3) is 3.61. The summed E-state index contributed by atoms with van der Waals surface area (Å²) in [6, 6.07) is 14.0. The second kappa shape index (κ2) is 7.95. The van der Waals surface area contributed by atoms with Crippen LogP contribution in [0.25, 0.3) is 22.4 Å². The molecule has 4 rings (SSSR count). The summed E-state index contributed by atoms with van der Waals surface area (Å²) in [7, 11) is 0. The van der Waals surface area contributed by atoms with Crippen LogP contribution in [0.2, 0.25) is 0 Å². The van der Waals surface area contributed by atoms with E-state index in [1.165, 1.54) is 19.3 Å². The number of hydrogen-bond donors (Lipinski definition) is 0. The maximum Gasteiger partial charge on any atom is 0.165 e. The minimum Gasteiger partial charge on any atom is -0.494 e. The lowest BCUT2D eigenvalue weighted by Gasteiger charge is -2.09. The first-order valence-corrected chi connectivity index (χ1v) is 10.0. The molecule has 0 saturated heterocycles. The Kier molecular flexibility index (Phi) is 5.23. The van der Waals surface area contributed by atoms with Crippen LogP contribution in [0.15, 0.2) is 42.5 Å². The molecule has 0 spiro atoms. The summed E-state index contributed by atoms with van der Waals surface area (Å²) in [5, 5.41) is 0. The molecular weight excluding hydrogens is 336 g/mol. The third-order valence-electron chi connectivity index (χ3n) is 5.23. The molecule has 0 saturated carbocycles. The van der Waals surface area contributed by atoms with Crippen LogP contribution in [-0.4, -0.2) is 21.9 Å². The average Bonchev–Trinajstić information content (AvgIpc) is 2.97. The Morgan fingerprint density at radius 2 is 1.93 bits per heavy atom. The number of hydrogen-bond acceptors (Lipinski definition) is 3. The smallest absolute Gasteiger partial charge is 0.165 e. The van der Waals surface area contributed by atoms with Crippen LogP contribution < -0.4 is 4.74 Å².